The summed E-state index contributed by atoms with van der Waals surface area (Å²) >= 11 is 5.75. The minimum atomic E-state index is -0.504. The summed E-state index contributed by atoms with van der Waals surface area (Å²) in [6.07, 6.45) is 3.25. The number of rotatable bonds is 5. The number of benzene rings is 1. The first-order valence-electron chi connectivity index (χ1n) is 8.98. The van der Waals surface area contributed by atoms with Gasteiger partial charge in [0, 0.05) is 31.4 Å². The highest BCUT2D eigenvalue weighted by Gasteiger charge is 2.19. The second-order valence-electron chi connectivity index (χ2n) is 6.69. The van der Waals surface area contributed by atoms with Gasteiger partial charge in [0.25, 0.3) is 5.56 Å². The maximum Gasteiger partial charge on any atom is 0.255 e. The van der Waals surface area contributed by atoms with Crippen molar-refractivity contribution in [2.24, 2.45) is 0 Å². The van der Waals surface area contributed by atoms with Gasteiger partial charge in [-0.05, 0) is 43.9 Å². The number of anilines is 1. The molecule has 1 aliphatic heterocycles. The maximum atomic E-state index is 13.2. The summed E-state index contributed by atoms with van der Waals surface area (Å²) < 4.78 is 14.6. The Morgan fingerprint density at radius 1 is 1.26 bits per heavy atom. The number of carbonyl (C=O) groups excluding carboxylic acids is 1. The molecule has 0 bridgehead atoms. The highest BCUT2D eigenvalue weighted by atomic mass is 35.5. The van der Waals surface area contributed by atoms with E-state index in [-0.39, 0.29) is 29.6 Å². The lowest BCUT2D eigenvalue weighted by molar-refractivity contribution is -0.121. The van der Waals surface area contributed by atoms with Crippen LogP contribution in [-0.2, 0) is 17.9 Å². The minimum Gasteiger partial charge on any atom is -0.350 e. The van der Waals surface area contributed by atoms with Gasteiger partial charge in [-0.15, -0.1) is 0 Å². The van der Waals surface area contributed by atoms with E-state index >= 15 is 0 Å². The third-order valence-electron chi connectivity index (χ3n) is 4.53. The van der Waals surface area contributed by atoms with Gasteiger partial charge in [-0.3, -0.25) is 14.2 Å². The Balaban J connectivity index is 1.73. The van der Waals surface area contributed by atoms with Gasteiger partial charge < -0.3 is 10.2 Å². The van der Waals surface area contributed by atoms with Crippen LogP contribution in [0.15, 0.2) is 29.1 Å². The fourth-order valence-corrected chi connectivity index (χ4v) is 3.34. The van der Waals surface area contributed by atoms with Crippen molar-refractivity contribution in [2.75, 3.05) is 18.0 Å². The van der Waals surface area contributed by atoms with Gasteiger partial charge in [0.15, 0.2) is 0 Å². The number of aryl methyl sites for hydroxylation is 1. The lowest BCUT2D eigenvalue weighted by atomic mass is 10.1. The van der Waals surface area contributed by atoms with Crippen molar-refractivity contribution in [2.45, 2.75) is 39.3 Å². The van der Waals surface area contributed by atoms with Crippen LogP contribution in [0.25, 0.3) is 0 Å². The van der Waals surface area contributed by atoms with Crippen LogP contribution in [0.5, 0.6) is 0 Å². The van der Waals surface area contributed by atoms with E-state index < -0.39 is 5.82 Å². The molecular weight excluding hydrogens is 371 g/mol. The first-order chi connectivity index (χ1) is 12.9. The summed E-state index contributed by atoms with van der Waals surface area (Å²) in [5, 5.41) is 2.75. The molecule has 1 N–H and O–H groups in total. The Morgan fingerprint density at radius 3 is 2.70 bits per heavy atom. The van der Waals surface area contributed by atoms with E-state index in [9.17, 15) is 14.0 Å². The standard InChI is InChI=1S/C19H22ClFN4O2/c1-13-9-18(27)25(19(23-13)24-7-3-2-4-8-24)12-17(26)22-11-14-5-6-16(21)15(20)10-14/h5-6,9-10H,2-4,7-8,11-12H2,1H3,(H,22,26). The Bertz CT molecular complexity index is 894. The monoisotopic (exact) mass is 392 g/mol. The zero-order chi connectivity index (χ0) is 19.4. The van der Waals surface area contributed by atoms with Crippen LogP contribution in [0.1, 0.15) is 30.5 Å². The van der Waals surface area contributed by atoms with Crippen LogP contribution >= 0.6 is 11.6 Å². The van der Waals surface area contributed by atoms with Gasteiger partial charge in [-0.1, -0.05) is 17.7 Å². The van der Waals surface area contributed by atoms with Crippen molar-refractivity contribution in [3.8, 4) is 0 Å². The number of halogens is 2. The Morgan fingerprint density at radius 2 is 2.00 bits per heavy atom. The van der Waals surface area contributed by atoms with E-state index in [0.29, 0.717) is 17.2 Å². The van der Waals surface area contributed by atoms with Crippen molar-refractivity contribution >= 4 is 23.5 Å². The molecule has 0 saturated carbocycles. The predicted molar refractivity (Wildman–Crippen MR) is 103 cm³/mol. The van der Waals surface area contributed by atoms with Crippen LogP contribution in [0.2, 0.25) is 5.02 Å². The summed E-state index contributed by atoms with van der Waals surface area (Å²) in [7, 11) is 0. The smallest absolute Gasteiger partial charge is 0.255 e. The van der Waals surface area contributed by atoms with Crippen LogP contribution in [-0.4, -0.2) is 28.5 Å². The van der Waals surface area contributed by atoms with E-state index in [2.05, 4.69) is 15.2 Å². The molecule has 6 nitrogen and oxygen atoms in total. The number of nitrogens with one attached hydrogen (secondary N) is 1. The molecule has 2 heterocycles. The second kappa shape index (κ2) is 8.52. The first-order valence-corrected chi connectivity index (χ1v) is 9.36. The molecule has 1 aromatic heterocycles. The van der Waals surface area contributed by atoms with Gasteiger partial charge >= 0.3 is 0 Å². The van der Waals surface area contributed by atoms with Crippen LogP contribution in [0.4, 0.5) is 10.3 Å². The SMILES string of the molecule is Cc1cc(=O)n(CC(=O)NCc2ccc(F)c(Cl)c2)c(N2CCCCC2)n1. The van der Waals surface area contributed by atoms with Gasteiger partial charge in [0.05, 0.1) is 5.02 Å². The normalized spacial score (nSPS) is 14.3. The number of aromatic nitrogens is 2. The van der Waals surface area contributed by atoms with Crippen molar-refractivity contribution in [3.05, 3.63) is 56.7 Å². The third-order valence-corrected chi connectivity index (χ3v) is 4.82. The molecule has 144 valence electrons. The molecule has 8 heteroatoms. The molecule has 0 aliphatic carbocycles. The molecule has 3 rings (SSSR count). The fourth-order valence-electron chi connectivity index (χ4n) is 3.14. The van der Waals surface area contributed by atoms with E-state index in [0.717, 1.165) is 32.4 Å². The molecule has 1 aromatic carbocycles. The molecule has 1 amide bonds. The fraction of sp³-hybridized carbons (Fsp3) is 0.421. The van der Waals surface area contributed by atoms with E-state index in [4.69, 9.17) is 11.6 Å². The first kappa shape index (κ1) is 19.4. The Labute approximate surface area is 162 Å². The minimum absolute atomic E-state index is 0.00749. The summed E-state index contributed by atoms with van der Waals surface area (Å²) in [6, 6.07) is 5.71. The molecular formula is C19H22ClFN4O2. The van der Waals surface area contributed by atoms with Crippen molar-refractivity contribution in [1.29, 1.82) is 0 Å². The second-order valence-corrected chi connectivity index (χ2v) is 7.10. The molecule has 27 heavy (non-hydrogen) atoms. The lowest BCUT2D eigenvalue weighted by Gasteiger charge is -2.29. The van der Waals surface area contributed by atoms with E-state index in [1.165, 1.54) is 22.8 Å². The number of piperidine rings is 1. The topological polar surface area (TPSA) is 67.2 Å². The van der Waals surface area contributed by atoms with Crippen LogP contribution in [0.3, 0.4) is 0 Å². The van der Waals surface area contributed by atoms with Crippen LogP contribution < -0.4 is 15.8 Å². The number of amides is 1. The van der Waals surface area contributed by atoms with Gasteiger partial charge in [-0.2, -0.15) is 0 Å². The highest BCUT2D eigenvalue weighted by Crippen LogP contribution is 2.17. The molecule has 0 unspecified atom stereocenters. The zero-order valence-electron chi connectivity index (χ0n) is 15.2. The number of nitrogens with zero attached hydrogens (tertiary/aromatic N) is 3. The van der Waals surface area contributed by atoms with E-state index in [1.807, 2.05) is 0 Å². The van der Waals surface area contributed by atoms with E-state index in [1.54, 1.807) is 13.0 Å². The zero-order valence-corrected chi connectivity index (χ0v) is 15.9. The Kier molecular flexibility index (Phi) is 6.11. The molecule has 0 atom stereocenters. The molecule has 1 saturated heterocycles. The maximum absolute atomic E-state index is 13.2. The van der Waals surface area contributed by atoms with Crippen LogP contribution in [0, 0.1) is 12.7 Å². The van der Waals surface area contributed by atoms with Crippen molar-refractivity contribution in [3.63, 3.8) is 0 Å². The van der Waals surface area contributed by atoms with Gasteiger partial charge in [0.1, 0.15) is 12.4 Å². The number of hydrogen-bond donors (Lipinski definition) is 1. The summed E-state index contributed by atoms with van der Waals surface area (Å²) in [4.78, 5) is 31.4. The lowest BCUT2D eigenvalue weighted by Crippen LogP contribution is -2.39. The average Bonchev–Trinajstić information content (AvgIpc) is 2.65. The van der Waals surface area contributed by atoms with Gasteiger partial charge in [-0.25, -0.2) is 9.37 Å². The van der Waals surface area contributed by atoms with Crippen molar-refractivity contribution in [1.82, 2.24) is 14.9 Å². The average molecular weight is 393 g/mol. The number of carbonyl (C=O) groups is 1. The number of hydrogen-bond acceptors (Lipinski definition) is 4. The highest BCUT2D eigenvalue weighted by molar-refractivity contribution is 6.30. The largest absolute Gasteiger partial charge is 0.350 e. The molecule has 2 aromatic rings. The molecule has 1 fully saturated rings. The van der Waals surface area contributed by atoms with Gasteiger partial charge in [0.2, 0.25) is 11.9 Å². The quantitative estimate of drug-likeness (QED) is 0.849. The summed E-state index contributed by atoms with van der Waals surface area (Å²) in [5.41, 5.74) is 1.07. The molecule has 0 radical (unpaired) electrons. The van der Waals surface area contributed by atoms with Crippen molar-refractivity contribution < 1.29 is 9.18 Å². The summed E-state index contributed by atoms with van der Waals surface area (Å²) in [6.45, 7) is 3.51. The third kappa shape index (κ3) is 4.86. The molecule has 0 spiro atoms. The Hall–Kier alpha value is -2.41. The predicted octanol–water partition coefficient (Wildman–Crippen LogP) is 2.65. The molecule has 1 aliphatic rings. The summed E-state index contributed by atoms with van der Waals surface area (Å²) in [5.74, 6) is -0.281.